The van der Waals surface area contributed by atoms with E-state index in [-0.39, 0.29) is 5.78 Å². The van der Waals surface area contributed by atoms with E-state index in [1.807, 2.05) is 18.3 Å². The number of likely N-dealkylation sites (tertiary alicyclic amines) is 2. The molecule has 0 bridgehead atoms. The number of hydrogen-bond acceptors (Lipinski definition) is 4. The molecule has 2 saturated heterocycles. The molecule has 5 rings (SSSR count). The third-order valence-electron chi connectivity index (χ3n) is 8.10. The van der Waals surface area contributed by atoms with Crippen LogP contribution in [0.1, 0.15) is 60.4 Å². The number of hydrogen-bond donors (Lipinski definition) is 2. The molecule has 0 spiro atoms. The number of ketones is 1. The zero-order valence-corrected chi connectivity index (χ0v) is 22.6. The van der Waals surface area contributed by atoms with Crippen LogP contribution in [0.4, 0.5) is 0 Å². The number of fused-ring (bicyclic) bond motifs is 1. The van der Waals surface area contributed by atoms with Crippen molar-refractivity contribution >= 4 is 39.9 Å². The smallest absolute Gasteiger partial charge is 0.187 e. The van der Waals surface area contributed by atoms with Crippen LogP contribution in [0.2, 0.25) is 10.0 Å². The first-order valence-corrected chi connectivity index (χ1v) is 14.2. The summed E-state index contributed by atoms with van der Waals surface area (Å²) < 4.78 is 0. The molecule has 0 saturated carbocycles. The first-order chi connectivity index (χ1) is 18.0. The predicted molar refractivity (Wildman–Crippen MR) is 152 cm³/mol. The Bertz CT molecular complexity index is 1250. The fourth-order valence-electron chi connectivity index (χ4n) is 5.85. The Balaban J connectivity index is 1.00. The number of allylic oxidation sites excluding steroid dienone is 1. The van der Waals surface area contributed by atoms with Crippen LogP contribution >= 0.6 is 23.2 Å². The van der Waals surface area contributed by atoms with Crippen LogP contribution in [-0.4, -0.2) is 58.4 Å². The third-order valence-corrected chi connectivity index (χ3v) is 8.84. The summed E-state index contributed by atoms with van der Waals surface area (Å²) in [5.41, 5.74) is 3.02. The van der Waals surface area contributed by atoms with Gasteiger partial charge in [-0.25, -0.2) is 0 Å². The van der Waals surface area contributed by atoms with Crippen molar-refractivity contribution in [1.29, 1.82) is 0 Å². The fraction of sp³-hybridized carbons (Fsp3) is 0.433. The summed E-state index contributed by atoms with van der Waals surface area (Å²) in [6.45, 7) is 5.47. The first-order valence-electron chi connectivity index (χ1n) is 13.4. The Morgan fingerprint density at radius 3 is 2.54 bits per heavy atom. The summed E-state index contributed by atoms with van der Waals surface area (Å²) >= 11 is 12.0. The van der Waals surface area contributed by atoms with E-state index >= 15 is 0 Å². The van der Waals surface area contributed by atoms with Gasteiger partial charge in [0.05, 0.1) is 10.0 Å². The van der Waals surface area contributed by atoms with Crippen molar-refractivity contribution in [2.45, 2.75) is 44.4 Å². The molecule has 2 aliphatic rings. The lowest BCUT2D eigenvalue weighted by molar-refractivity contribution is 0.104. The zero-order chi connectivity index (χ0) is 25.8. The summed E-state index contributed by atoms with van der Waals surface area (Å²) in [5.74, 6) is 1.62. The number of aromatic amines is 1. The number of carbonyl (C=O) groups excluding carboxylic acids is 1. The van der Waals surface area contributed by atoms with Gasteiger partial charge in [0, 0.05) is 48.0 Å². The second-order valence-electron chi connectivity index (χ2n) is 10.5. The van der Waals surface area contributed by atoms with Crippen LogP contribution in [-0.2, 0) is 0 Å². The lowest BCUT2D eigenvalue weighted by Crippen LogP contribution is -2.34. The molecule has 196 valence electrons. The van der Waals surface area contributed by atoms with Crippen molar-refractivity contribution in [3.8, 4) is 5.75 Å². The highest BCUT2D eigenvalue weighted by atomic mass is 35.5. The molecule has 2 N–H and O–H groups in total. The van der Waals surface area contributed by atoms with Crippen molar-refractivity contribution in [1.82, 2.24) is 14.8 Å². The van der Waals surface area contributed by atoms with E-state index < -0.39 is 0 Å². The molecule has 1 aromatic heterocycles. The molecule has 37 heavy (non-hydrogen) atoms. The molecule has 0 aliphatic carbocycles. The van der Waals surface area contributed by atoms with Crippen molar-refractivity contribution in [2.24, 2.45) is 5.92 Å². The van der Waals surface area contributed by atoms with Gasteiger partial charge in [-0.2, -0.15) is 0 Å². The van der Waals surface area contributed by atoms with Crippen LogP contribution < -0.4 is 0 Å². The number of phenolic OH excluding ortho intramolecular Hbond substituents is 1. The van der Waals surface area contributed by atoms with Gasteiger partial charge in [0.2, 0.25) is 0 Å². The van der Waals surface area contributed by atoms with Gasteiger partial charge in [0.15, 0.2) is 5.78 Å². The van der Waals surface area contributed by atoms with E-state index in [1.54, 1.807) is 30.3 Å². The van der Waals surface area contributed by atoms with Crippen molar-refractivity contribution < 1.29 is 9.90 Å². The molecule has 0 radical (unpaired) electrons. The predicted octanol–water partition coefficient (Wildman–Crippen LogP) is 7.25. The summed E-state index contributed by atoms with van der Waals surface area (Å²) in [4.78, 5) is 20.7. The Labute approximate surface area is 229 Å². The maximum Gasteiger partial charge on any atom is 0.187 e. The summed E-state index contributed by atoms with van der Waals surface area (Å²) in [6.07, 6.45) is 12.9. The molecule has 0 atom stereocenters. The number of aromatic hydroxyl groups is 1. The largest absolute Gasteiger partial charge is 0.508 e. The van der Waals surface area contributed by atoms with Gasteiger partial charge < -0.3 is 19.9 Å². The average Bonchev–Trinajstić information content (AvgIpc) is 3.33. The molecule has 5 nitrogen and oxygen atoms in total. The zero-order valence-electron chi connectivity index (χ0n) is 21.1. The van der Waals surface area contributed by atoms with E-state index in [4.69, 9.17) is 23.2 Å². The minimum atomic E-state index is -0.0488. The molecule has 3 heterocycles. The number of nitrogens with zero attached hydrogens (tertiary/aromatic N) is 2. The van der Waals surface area contributed by atoms with Gasteiger partial charge in [0.1, 0.15) is 5.75 Å². The topological polar surface area (TPSA) is 59.6 Å². The Morgan fingerprint density at radius 1 is 1.00 bits per heavy atom. The highest BCUT2D eigenvalue weighted by molar-refractivity contribution is 6.42. The monoisotopic (exact) mass is 539 g/mol. The minimum Gasteiger partial charge on any atom is -0.508 e. The molecule has 3 aromatic rings. The number of aromatic nitrogens is 1. The Kier molecular flexibility index (Phi) is 8.43. The second-order valence-corrected chi connectivity index (χ2v) is 11.3. The first kappa shape index (κ1) is 26.1. The van der Waals surface area contributed by atoms with Crippen LogP contribution in [0.5, 0.6) is 5.75 Å². The molecule has 2 aliphatic heterocycles. The summed E-state index contributed by atoms with van der Waals surface area (Å²) in [6, 6.07) is 10.6. The van der Waals surface area contributed by atoms with Crippen molar-refractivity contribution in [2.75, 3.05) is 32.7 Å². The van der Waals surface area contributed by atoms with Crippen molar-refractivity contribution in [3.05, 3.63) is 76.0 Å². The standard InChI is InChI=1S/C30H35Cl2N3O2/c31-27-5-3-23(18-28(27)32)30(37)11-17-35-13-7-21(8-14-35)2-1-12-34-15-9-22(10-16-34)26-20-33-29-6-4-24(36)19-25(26)29/h3-6,11,17-22,33,36H,1-2,7-10,12-16H2/b17-11+. The number of carbonyl (C=O) groups is 1. The maximum absolute atomic E-state index is 12.4. The number of piperidine rings is 2. The van der Waals surface area contributed by atoms with Crippen LogP contribution in [0.3, 0.4) is 0 Å². The maximum atomic E-state index is 12.4. The molecule has 2 fully saturated rings. The molecular weight excluding hydrogens is 505 g/mol. The second kappa shape index (κ2) is 11.9. The number of nitrogens with one attached hydrogen (secondary N) is 1. The fourth-order valence-corrected chi connectivity index (χ4v) is 6.15. The van der Waals surface area contributed by atoms with Gasteiger partial charge >= 0.3 is 0 Å². The average molecular weight is 541 g/mol. The van der Waals surface area contributed by atoms with E-state index in [2.05, 4.69) is 21.0 Å². The number of rotatable bonds is 8. The van der Waals surface area contributed by atoms with Crippen LogP contribution in [0, 0.1) is 5.92 Å². The van der Waals surface area contributed by atoms with E-state index in [0.717, 1.165) is 37.6 Å². The number of benzene rings is 2. The van der Waals surface area contributed by atoms with Gasteiger partial charge in [0.25, 0.3) is 0 Å². The minimum absolute atomic E-state index is 0.0488. The molecule has 0 unspecified atom stereocenters. The van der Waals surface area contributed by atoms with Gasteiger partial charge in [-0.15, -0.1) is 0 Å². The molecule has 7 heteroatoms. The molecular formula is C30H35Cl2N3O2. The molecule has 0 amide bonds. The van der Waals surface area contributed by atoms with Gasteiger partial charge in [-0.3, -0.25) is 4.79 Å². The lowest BCUT2D eigenvalue weighted by Gasteiger charge is -2.33. The summed E-state index contributed by atoms with van der Waals surface area (Å²) in [5, 5.41) is 11.9. The van der Waals surface area contributed by atoms with E-state index in [1.165, 1.54) is 56.0 Å². The van der Waals surface area contributed by atoms with E-state index in [0.29, 0.717) is 27.3 Å². The highest BCUT2D eigenvalue weighted by Crippen LogP contribution is 2.34. The SMILES string of the molecule is O=C(/C=C/N1CCC(CCCN2CCC(c3c[nH]c4ccc(O)cc34)CC2)CC1)c1ccc(Cl)c(Cl)c1. The normalized spacial score (nSPS) is 18.3. The van der Waals surface area contributed by atoms with Crippen molar-refractivity contribution in [3.63, 3.8) is 0 Å². The van der Waals surface area contributed by atoms with Gasteiger partial charge in [-0.1, -0.05) is 23.2 Å². The number of halogens is 2. The van der Waals surface area contributed by atoms with E-state index in [9.17, 15) is 9.90 Å². The Morgan fingerprint density at radius 2 is 1.78 bits per heavy atom. The van der Waals surface area contributed by atoms with Crippen LogP contribution in [0.15, 0.2) is 54.9 Å². The summed E-state index contributed by atoms with van der Waals surface area (Å²) in [7, 11) is 0. The number of phenols is 1. The Hall–Kier alpha value is -2.47. The van der Waals surface area contributed by atoms with Gasteiger partial charge in [-0.05, 0) is 112 Å². The lowest BCUT2D eigenvalue weighted by atomic mass is 9.88. The molecule has 2 aromatic carbocycles. The van der Waals surface area contributed by atoms with Crippen LogP contribution in [0.25, 0.3) is 10.9 Å². The third kappa shape index (κ3) is 6.51. The number of H-pyrrole nitrogens is 1. The highest BCUT2D eigenvalue weighted by Gasteiger charge is 2.23. The quantitative estimate of drug-likeness (QED) is 0.234.